The number of ketones is 1. The Balaban J connectivity index is 1.72. The first-order valence-corrected chi connectivity index (χ1v) is 9.48. The lowest BCUT2D eigenvalue weighted by atomic mass is 9.87. The molecule has 3 heteroatoms. The number of hydrogen-bond acceptors (Lipinski definition) is 3. The monoisotopic (exact) mass is 382 g/mol. The predicted molar refractivity (Wildman–Crippen MR) is 116 cm³/mol. The highest BCUT2D eigenvalue weighted by Crippen LogP contribution is 2.28. The molecule has 2 aromatic carbocycles. The van der Waals surface area contributed by atoms with Gasteiger partial charge in [-0.05, 0) is 66.8 Å². The second-order valence-corrected chi connectivity index (χ2v) is 6.65. The van der Waals surface area contributed by atoms with Gasteiger partial charge in [0.25, 0.3) is 0 Å². The van der Waals surface area contributed by atoms with Crippen molar-refractivity contribution in [1.82, 2.24) is 0 Å². The van der Waals surface area contributed by atoms with E-state index in [2.05, 4.69) is 11.8 Å². The van der Waals surface area contributed by atoms with Gasteiger partial charge in [0.05, 0.1) is 0 Å². The fourth-order valence-electron chi connectivity index (χ4n) is 3.15. The molecule has 0 aromatic heterocycles. The molecule has 0 heterocycles. The zero-order chi connectivity index (χ0) is 20.5. The van der Waals surface area contributed by atoms with Crippen molar-refractivity contribution in [2.45, 2.75) is 19.3 Å². The second kappa shape index (κ2) is 10.0. The van der Waals surface area contributed by atoms with E-state index in [4.69, 9.17) is 22.3 Å². The molecular formula is C26H22O3. The number of ether oxygens (including phenoxy) is 2. The van der Waals surface area contributed by atoms with E-state index in [1.807, 2.05) is 60.7 Å². The number of terminal acetylenes is 2. The molecule has 2 aromatic rings. The van der Waals surface area contributed by atoms with Crippen molar-refractivity contribution >= 4 is 17.9 Å². The number of carbonyl (C=O) groups excluding carboxylic acids is 1. The first-order chi connectivity index (χ1) is 14.2. The highest BCUT2D eigenvalue weighted by molar-refractivity contribution is 6.13. The minimum Gasteiger partial charge on any atom is -0.481 e. The zero-order valence-electron chi connectivity index (χ0n) is 16.2. The van der Waals surface area contributed by atoms with Crippen LogP contribution in [0.4, 0.5) is 0 Å². The van der Waals surface area contributed by atoms with Gasteiger partial charge < -0.3 is 9.47 Å². The van der Waals surface area contributed by atoms with Gasteiger partial charge in [-0.2, -0.15) is 0 Å². The molecule has 0 unspecified atom stereocenters. The van der Waals surface area contributed by atoms with E-state index < -0.39 is 0 Å². The van der Waals surface area contributed by atoms with E-state index in [1.54, 1.807) is 0 Å². The smallest absolute Gasteiger partial charge is 0.185 e. The largest absolute Gasteiger partial charge is 0.481 e. The van der Waals surface area contributed by atoms with Gasteiger partial charge >= 0.3 is 0 Å². The predicted octanol–water partition coefficient (Wildman–Crippen LogP) is 4.93. The summed E-state index contributed by atoms with van der Waals surface area (Å²) in [5, 5.41) is 0. The average molecular weight is 382 g/mol. The zero-order valence-corrected chi connectivity index (χ0v) is 16.2. The molecule has 0 atom stereocenters. The second-order valence-electron chi connectivity index (χ2n) is 6.65. The number of carbonyl (C=O) groups is 1. The molecule has 1 saturated carbocycles. The Labute approximate surface area is 172 Å². The van der Waals surface area contributed by atoms with Gasteiger partial charge in [-0.3, -0.25) is 4.79 Å². The Morgan fingerprint density at radius 1 is 0.759 bits per heavy atom. The van der Waals surface area contributed by atoms with Gasteiger partial charge in [-0.15, -0.1) is 12.8 Å². The van der Waals surface area contributed by atoms with Gasteiger partial charge in [0.2, 0.25) is 0 Å². The number of hydrogen-bond donors (Lipinski definition) is 0. The van der Waals surface area contributed by atoms with E-state index in [9.17, 15) is 4.79 Å². The van der Waals surface area contributed by atoms with Crippen molar-refractivity contribution < 1.29 is 14.3 Å². The molecule has 0 radical (unpaired) electrons. The van der Waals surface area contributed by atoms with Gasteiger partial charge in [0, 0.05) is 11.1 Å². The lowest BCUT2D eigenvalue weighted by Gasteiger charge is -2.16. The molecule has 29 heavy (non-hydrogen) atoms. The Bertz CT molecular complexity index is 912. The molecule has 1 aliphatic carbocycles. The van der Waals surface area contributed by atoms with E-state index in [0.717, 1.165) is 53.0 Å². The van der Waals surface area contributed by atoms with Crippen LogP contribution in [0.1, 0.15) is 30.4 Å². The minimum atomic E-state index is 0.108. The van der Waals surface area contributed by atoms with Crippen LogP contribution in [0.25, 0.3) is 12.2 Å². The van der Waals surface area contributed by atoms with Gasteiger partial charge in [-0.1, -0.05) is 36.1 Å². The third-order valence-corrected chi connectivity index (χ3v) is 4.56. The molecule has 0 saturated heterocycles. The summed E-state index contributed by atoms with van der Waals surface area (Å²) in [5.74, 6) is 6.42. The number of rotatable bonds is 6. The molecule has 3 nitrogen and oxygen atoms in total. The van der Waals surface area contributed by atoms with Crippen molar-refractivity contribution in [1.29, 1.82) is 0 Å². The van der Waals surface area contributed by atoms with Crippen LogP contribution in [0.3, 0.4) is 0 Å². The maximum absolute atomic E-state index is 12.9. The molecular weight excluding hydrogens is 360 g/mol. The summed E-state index contributed by atoms with van der Waals surface area (Å²) < 4.78 is 10.8. The summed E-state index contributed by atoms with van der Waals surface area (Å²) in [7, 11) is 0. The summed E-state index contributed by atoms with van der Waals surface area (Å²) in [5.41, 5.74) is 3.60. The minimum absolute atomic E-state index is 0.108. The molecule has 0 spiro atoms. The molecule has 1 aliphatic rings. The molecule has 144 valence electrons. The van der Waals surface area contributed by atoms with Crippen LogP contribution < -0.4 is 9.47 Å². The Morgan fingerprint density at radius 3 is 1.55 bits per heavy atom. The fourth-order valence-corrected chi connectivity index (χ4v) is 3.15. The number of benzene rings is 2. The lowest BCUT2D eigenvalue weighted by molar-refractivity contribution is -0.112. The fraction of sp³-hybridized carbons (Fsp3) is 0.192. The highest BCUT2D eigenvalue weighted by atomic mass is 16.5. The lowest BCUT2D eigenvalue weighted by Crippen LogP contribution is -2.12. The van der Waals surface area contributed by atoms with E-state index in [0.29, 0.717) is 0 Å². The van der Waals surface area contributed by atoms with Gasteiger partial charge in [0.1, 0.15) is 24.7 Å². The van der Waals surface area contributed by atoms with Crippen LogP contribution >= 0.6 is 0 Å². The first-order valence-electron chi connectivity index (χ1n) is 9.48. The van der Waals surface area contributed by atoms with Gasteiger partial charge in [-0.25, -0.2) is 0 Å². The van der Waals surface area contributed by atoms with Crippen LogP contribution in [0.15, 0.2) is 59.7 Å². The molecule has 0 amide bonds. The van der Waals surface area contributed by atoms with Crippen LogP contribution in [0, 0.1) is 24.7 Å². The number of Topliss-reactive ketones (excluding diaryl/α,β-unsaturated/α-hetero) is 1. The molecule has 0 aliphatic heterocycles. The average Bonchev–Trinajstić information content (AvgIpc) is 2.75. The van der Waals surface area contributed by atoms with Crippen molar-refractivity contribution in [3.8, 4) is 36.2 Å². The summed E-state index contributed by atoms with van der Waals surface area (Å²) in [6.07, 6.45) is 16.8. The Hall–Kier alpha value is -3.69. The summed E-state index contributed by atoms with van der Waals surface area (Å²) >= 11 is 0. The van der Waals surface area contributed by atoms with E-state index >= 15 is 0 Å². The van der Waals surface area contributed by atoms with Crippen LogP contribution in [0.5, 0.6) is 11.5 Å². The van der Waals surface area contributed by atoms with Crippen molar-refractivity contribution in [2.75, 3.05) is 13.2 Å². The maximum atomic E-state index is 12.9. The van der Waals surface area contributed by atoms with Crippen molar-refractivity contribution in [3.63, 3.8) is 0 Å². The van der Waals surface area contributed by atoms with Crippen LogP contribution in [-0.4, -0.2) is 19.0 Å². The SMILES string of the molecule is C#CCOc1ccc(/C=C2\CCC/C(=C\c3ccc(OCC#C)cc3)C2=O)cc1. The number of allylic oxidation sites excluding steroid dienone is 2. The van der Waals surface area contributed by atoms with Crippen molar-refractivity contribution in [3.05, 3.63) is 70.8 Å². The third kappa shape index (κ3) is 5.64. The van der Waals surface area contributed by atoms with Crippen LogP contribution in [-0.2, 0) is 4.79 Å². The standard InChI is InChI=1S/C26H22O3/c1-3-16-28-24-12-8-20(9-13-24)18-22-6-5-7-23(26(22)27)19-21-10-14-25(15-11-21)29-17-4-2/h1-2,8-15,18-19H,5-7,16-17H2/b22-18+,23-19+. The molecule has 0 bridgehead atoms. The third-order valence-electron chi connectivity index (χ3n) is 4.56. The Morgan fingerprint density at radius 2 is 1.17 bits per heavy atom. The quantitative estimate of drug-likeness (QED) is 0.525. The highest BCUT2D eigenvalue weighted by Gasteiger charge is 2.20. The summed E-state index contributed by atoms with van der Waals surface area (Å²) in [4.78, 5) is 12.9. The summed E-state index contributed by atoms with van der Waals surface area (Å²) in [6.45, 7) is 0.480. The van der Waals surface area contributed by atoms with E-state index in [1.165, 1.54) is 0 Å². The maximum Gasteiger partial charge on any atom is 0.185 e. The topological polar surface area (TPSA) is 35.5 Å². The first kappa shape index (κ1) is 20.1. The van der Waals surface area contributed by atoms with Crippen LogP contribution in [0.2, 0.25) is 0 Å². The van der Waals surface area contributed by atoms with Crippen molar-refractivity contribution in [2.24, 2.45) is 0 Å². The van der Waals surface area contributed by atoms with Gasteiger partial charge in [0.15, 0.2) is 5.78 Å². The summed E-state index contributed by atoms with van der Waals surface area (Å²) in [6, 6.07) is 15.2. The molecule has 1 fully saturated rings. The van der Waals surface area contributed by atoms with E-state index in [-0.39, 0.29) is 19.0 Å². The normalized spacial score (nSPS) is 16.3. The Kier molecular flexibility index (Phi) is 6.93. The molecule has 3 rings (SSSR count). The molecule has 0 N–H and O–H groups in total.